The summed E-state index contributed by atoms with van der Waals surface area (Å²) in [4.78, 5) is 40.2. The molecule has 0 radical (unpaired) electrons. The van der Waals surface area contributed by atoms with Crippen LogP contribution in [0.25, 0.3) is 0 Å². The summed E-state index contributed by atoms with van der Waals surface area (Å²) in [6.45, 7) is 1.69. The number of amides is 1. The van der Waals surface area contributed by atoms with Gasteiger partial charge in [-0.1, -0.05) is 0 Å². The zero-order valence-electron chi connectivity index (χ0n) is 10.9. The third kappa shape index (κ3) is 3.41. The fraction of sp³-hybridized carbons (Fsp3) is 0.231. The second-order valence-corrected chi connectivity index (χ2v) is 4.31. The maximum absolute atomic E-state index is 11.9. The van der Waals surface area contributed by atoms with E-state index in [4.69, 9.17) is 0 Å². The van der Waals surface area contributed by atoms with E-state index >= 15 is 0 Å². The first-order valence-electron chi connectivity index (χ1n) is 6.05. The van der Waals surface area contributed by atoms with Crippen LogP contribution in [0.4, 0.5) is 0 Å². The molecule has 0 saturated heterocycles. The van der Waals surface area contributed by atoms with Crippen molar-refractivity contribution in [2.75, 3.05) is 0 Å². The van der Waals surface area contributed by atoms with Crippen molar-refractivity contribution in [3.63, 3.8) is 0 Å². The van der Waals surface area contributed by atoms with Crippen LogP contribution in [-0.4, -0.2) is 20.4 Å². The number of hydrogen-bond donors (Lipinski definition) is 2. The van der Waals surface area contributed by atoms with Gasteiger partial charge in [0.05, 0.1) is 6.04 Å². The molecule has 2 rings (SSSR count). The molecule has 0 aromatic carbocycles. The predicted molar refractivity (Wildman–Crippen MR) is 72.1 cm³/mol. The van der Waals surface area contributed by atoms with Crippen molar-refractivity contribution in [1.82, 2.24) is 19.9 Å². The average molecular weight is 274 g/mol. The van der Waals surface area contributed by atoms with Crippen LogP contribution in [0.2, 0.25) is 0 Å². The molecule has 1 atom stereocenters. The number of rotatable bonds is 4. The van der Waals surface area contributed by atoms with Crippen molar-refractivity contribution in [1.29, 1.82) is 0 Å². The first-order valence-corrected chi connectivity index (χ1v) is 6.05. The Labute approximate surface area is 114 Å². The monoisotopic (exact) mass is 274 g/mol. The van der Waals surface area contributed by atoms with E-state index in [0.717, 1.165) is 10.1 Å². The van der Waals surface area contributed by atoms with Gasteiger partial charge in [-0.2, -0.15) is 0 Å². The van der Waals surface area contributed by atoms with Crippen LogP contribution in [0.5, 0.6) is 0 Å². The molecule has 104 valence electrons. The number of aromatic amines is 1. The van der Waals surface area contributed by atoms with Gasteiger partial charge in [-0.3, -0.25) is 24.1 Å². The van der Waals surface area contributed by atoms with Crippen molar-refractivity contribution in [2.45, 2.75) is 19.5 Å². The van der Waals surface area contributed by atoms with Gasteiger partial charge in [-0.15, -0.1) is 0 Å². The van der Waals surface area contributed by atoms with Gasteiger partial charge in [-0.05, 0) is 24.6 Å². The average Bonchev–Trinajstić information content (AvgIpc) is 2.43. The maximum atomic E-state index is 11.9. The fourth-order valence-corrected chi connectivity index (χ4v) is 1.75. The van der Waals surface area contributed by atoms with E-state index in [1.807, 2.05) is 6.92 Å². The van der Waals surface area contributed by atoms with Crippen LogP contribution in [0.3, 0.4) is 0 Å². The van der Waals surface area contributed by atoms with E-state index in [1.54, 1.807) is 24.5 Å². The van der Waals surface area contributed by atoms with E-state index in [1.165, 1.54) is 12.3 Å². The Morgan fingerprint density at radius 2 is 2.05 bits per heavy atom. The smallest absolute Gasteiger partial charge is 0.328 e. The number of H-pyrrole nitrogens is 1. The van der Waals surface area contributed by atoms with Crippen LogP contribution in [0.1, 0.15) is 18.5 Å². The molecule has 0 aliphatic rings. The van der Waals surface area contributed by atoms with Gasteiger partial charge in [0.25, 0.3) is 5.56 Å². The first-order chi connectivity index (χ1) is 9.56. The molecule has 0 saturated carbocycles. The van der Waals surface area contributed by atoms with Gasteiger partial charge in [0.1, 0.15) is 6.54 Å². The van der Waals surface area contributed by atoms with Gasteiger partial charge < -0.3 is 5.32 Å². The van der Waals surface area contributed by atoms with Crippen LogP contribution in [0, 0.1) is 0 Å². The van der Waals surface area contributed by atoms with E-state index in [0.29, 0.717) is 0 Å². The largest absolute Gasteiger partial charge is 0.348 e. The number of aromatic nitrogens is 3. The fourth-order valence-electron chi connectivity index (χ4n) is 1.75. The van der Waals surface area contributed by atoms with Crippen molar-refractivity contribution in [2.24, 2.45) is 0 Å². The minimum atomic E-state index is -0.607. The van der Waals surface area contributed by atoms with Crippen molar-refractivity contribution >= 4 is 5.91 Å². The third-order valence-corrected chi connectivity index (χ3v) is 2.79. The molecule has 0 bridgehead atoms. The molecule has 2 N–H and O–H groups in total. The quantitative estimate of drug-likeness (QED) is 0.807. The summed E-state index contributed by atoms with van der Waals surface area (Å²) in [5.41, 5.74) is -0.178. The van der Waals surface area contributed by atoms with Gasteiger partial charge in [-0.25, -0.2) is 4.79 Å². The van der Waals surface area contributed by atoms with Crippen molar-refractivity contribution in [3.05, 3.63) is 63.2 Å². The highest BCUT2D eigenvalue weighted by molar-refractivity contribution is 5.76. The summed E-state index contributed by atoms with van der Waals surface area (Å²) in [6, 6.07) is 4.61. The molecule has 2 aromatic heterocycles. The minimum absolute atomic E-state index is 0.148. The van der Waals surface area contributed by atoms with E-state index < -0.39 is 11.2 Å². The second-order valence-electron chi connectivity index (χ2n) is 4.31. The van der Waals surface area contributed by atoms with Crippen LogP contribution >= 0.6 is 0 Å². The van der Waals surface area contributed by atoms with Crippen LogP contribution in [-0.2, 0) is 11.3 Å². The van der Waals surface area contributed by atoms with Gasteiger partial charge in [0.15, 0.2) is 0 Å². The van der Waals surface area contributed by atoms with Crippen LogP contribution in [0.15, 0.2) is 46.4 Å². The second kappa shape index (κ2) is 5.96. The Morgan fingerprint density at radius 1 is 1.35 bits per heavy atom. The van der Waals surface area contributed by atoms with Gasteiger partial charge >= 0.3 is 5.69 Å². The lowest BCUT2D eigenvalue weighted by molar-refractivity contribution is -0.122. The number of hydrogen-bond acceptors (Lipinski definition) is 4. The Kier molecular flexibility index (Phi) is 4.09. The SMILES string of the molecule is CC(NC(=O)Cn1ccc(=O)[nH]c1=O)c1ccncc1. The lowest BCUT2D eigenvalue weighted by Gasteiger charge is -2.14. The van der Waals surface area contributed by atoms with E-state index in [2.05, 4.69) is 15.3 Å². The molecular weight excluding hydrogens is 260 g/mol. The molecule has 2 heterocycles. The van der Waals surface area contributed by atoms with Crippen molar-refractivity contribution < 1.29 is 4.79 Å². The first kappa shape index (κ1) is 13.7. The Bertz CT molecular complexity index is 705. The third-order valence-electron chi connectivity index (χ3n) is 2.79. The minimum Gasteiger partial charge on any atom is -0.348 e. The summed E-state index contributed by atoms with van der Waals surface area (Å²) >= 11 is 0. The highest BCUT2D eigenvalue weighted by atomic mass is 16.2. The molecule has 0 fully saturated rings. The van der Waals surface area contributed by atoms with E-state index in [9.17, 15) is 14.4 Å². The molecule has 0 spiro atoms. The molecule has 1 amide bonds. The number of carbonyl (C=O) groups is 1. The van der Waals surface area contributed by atoms with Gasteiger partial charge in [0.2, 0.25) is 5.91 Å². The number of nitrogens with one attached hydrogen (secondary N) is 2. The molecule has 2 aromatic rings. The molecule has 1 unspecified atom stereocenters. The number of carbonyl (C=O) groups excluding carboxylic acids is 1. The molecule has 7 nitrogen and oxygen atoms in total. The summed E-state index contributed by atoms with van der Waals surface area (Å²) in [7, 11) is 0. The molecule has 0 aliphatic heterocycles. The number of pyridine rings is 1. The highest BCUT2D eigenvalue weighted by Crippen LogP contribution is 2.09. The Morgan fingerprint density at radius 3 is 2.70 bits per heavy atom. The lowest BCUT2D eigenvalue weighted by atomic mass is 10.1. The summed E-state index contributed by atoms with van der Waals surface area (Å²) < 4.78 is 1.13. The normalized spacial score (nSPS) is 11.8. The highest BCUT2D eigenvalue weighted by Gasteiger charge is 2.10. The molecule has 7 heteroatoms. The Hall–Kier alpha value is -2.70. The Balaban J connectivity index is 2.02. The topological polar surface area (TPSA) is 96.9 Å². The molecular formula is C13H14N4O3. The molecule has 20 heavy (non-hydrogen) atoms. The van der Waals surface area contributed by atoms with E-state index in [-0.39, 0.29) is 18.5 Å². The number of nitrogens with zero attached hydrogens (tertiary/aromatic N) is 2. The molecule has 0 aliphatic carbocycles. The lowest BCUT2D eigenvalue weighted by Crippen LogP contribution is -2.36. The summed E-state index contributed by atoms with van der Waals surface area (Å²) in [6.07, 6.45) is 4.58. The van der Waals surface area contributed by atoms with Crippen molar-refractivity contribution in [3.8, 4) is 0 Å². The van der Waals surface area contributed by atoms with Crippen LogP contribution < -0.4 is 16.6 Å². The predicted octanol–water partition coefficient (Wildman–Crippen LogP) is -0.191. The zero-order valence-corrected chi connectivity index (χ0v) is 10.9. The zero-order chi connectivity index (χ0) is 14.5. The summed E-state index contributed by atoms with van der Waals surface area (Å²) in [5, 5.41) is 2.77. The standard InChI is InChI=1S/C13H14N4O3/c1-9(10-2-5-14-6-3-10)15-12(19)8-17-7-4-11(18)16-13(17)20/h2-7,9H,8H2,1H3,(H,15,19)(H,16,18,20). The van der Waals surface area contributed by atoms with Gasteiger partial charge in [0, 0.05) is 24.7 Å². The maximum Gasteiger partial charge on any atom is 0.328 e. The summed E-state index contributed by atoms with van der Waals surface area (Å²) in [5.74, 6) is -0.316.